The van der Waals surface area contributed by atoms with Gasteiger partial charge in [0.25, 0.3) is 0 Å². The average molecular weight is 300 g/mol. The lowest BCUT2D eigenvalue weighted by Crippen LogP contribution is -2.48. The molecular formula is C16H32N2O3. The van der Waals surface area contributed by atoms with Crippen molar-refractivity contribution in [2.24, 2.45) is 5.92 Å². The van der Waals surface area contributed by atoms with Crippen molar-refractivity contribution in [3.8, 4) is 0 Å². The van der Waals surface area contributed by atoms with Crippen molar-refractivity contribution in [1.29, 1.82) is 0 Å². The summed E-state index contributed by atoms with van der Waals surface area (Å²) < 4.78 is 10.5. The SMILES string of the molecule is COCCCNC(C)C1CCCN(C(=O)OC(C)(C)C)C1. The van der Waals surface area contributed by atoms with E-state index in [1.165, 1.54) is 0 Å². The van der Waals surface area contributed by atoms with E-state index in [0.717, 1.165) is 45.5 Å². The maximum absolute atomic E-state index is 12.1. The van der Waals surface area contributed by atoms with Gasteiger partial charge in [-0.3, -0.25) is 0 Å². The smallest absolute Gasteiger partial charge is 0.410 e. The Hall–Kier alpha value is -0.810. The average Bonchev–Trinajstić information content (AvgIpc) is 2.41. The molecule has 0 aliphatic carbocycles. The van der Waals surface area contributed by atoms with Crippen LogP contribution in [-0.4, -0.2) is 56.0 Å². The number of hydrogen-bond acceptors (Lipinski definition) is 4. The number of hydrogen-bond donors (Lipinski definition) is 1. The molecule has 0 spiro atoms. The highest BCUT2D eigenvalue weighted by Crippen LogP contribution is 2.21. The van der Waals surface area contributed by atoms with Gasteiger partial charge >= 0.3 is 6.09 Å². The molecule has 0 saturated carbocycles. The summed E-state index contributed by atoms with van der Waals surface area (Å²) in [6.07, 6.45) is 3.05. The topological polar surface area (TPSA) is 50.8 Å². The number of amides is 1. The lowest BCUT2D eigenvalue weighted by atomic mass is 9.91. The molecule has 0 aromatic heterocycles. The summed E-state index contributed by atoms with van der Waals surface area (Å²) in [5, 5.41) is 3.54. The zero-order chi connectivity index (χ0) is 15.9. The van der Waals surface area contributed by atoms with E-state index in [9.17, 15) is 4.79 Å². The summed E-state index contributed by atoms with van der Waals surface area (Å²) in [7, 11) is 1.73. The van der Waals surface area contributed by atoms with Gasteiger partial charge in [-0.15, -0.1) is 0 Å². The summed E-state index contributed by atoms with van der Waals surface area (Å²) in [6.45, 7) is 11.3. The predicted octanol–water partition coefficient (Wildman–Crippen LogP) is 2.65. The molecule has 1 fully saturated rings. The standard InChI is InChI=1S/C16H32N2O3/c1-13(17-9-7-11-20-5)14-8-6-10-18(12-14)15(19)21-16(2,3)4/h13-14,17H,6-12H2,1-5H3. The van der Waals surface area contributed by atoms with Gasteiger partial charge in [-0.25, -0.2) is 4.79 Å². The third-order valence-electron chi connectivity index (χ3n) is 3.81. The predicted molar refractivity (Wildman–Crippen MR) is 84.5 cm³/mol. The second-order valence-corrected chi connectivity index (χ2v) is 6.92. The lowest BCUT2D eigenvalue weighted by Gasteiger charge is -2.36. The minimum atomic E-state index is -0.423. The molecule has 1 aliphatic rings. The largest absolute Gasteiger partial charge is 0.444 e. The zero-order valence-corrected chi connectivity index (χ0v) is 14.3. The first-order chi connectivity index (χ1) is 9.83. The number of carbonyl (C=O) groups excluding carboxylic acids is 1. The number of nitrogens with one attached hydrogen (secondary N) is 1. The third kappa shape index (κ3) is 7.14. The van der Waals surface area contributed by atoms with Gasteiger partial charge in [0, 0.05) is 32.8 Å². The van der Waals surface area contributed by atoms with Crippen LogP contribution >= 0.6 is 0 Å². The maximum atomic E-state index is 12.1. The summed E-state index contributed by atoms with van der Waals surface area (Å²) >= 11 is 0. The van der Waals surface area contributed by atoms with Crippen molar-refractivity contribution in [3.63, 3.8) is 0 Å². The van der Waals surface area contributed by atoms with Crippen LogP contribution in [0.5, 0.6) is 0 Å². The van der Waals surface area contributed by atoms with Gasteiger partial charge in [-0.05, 0) is 59.4 Å². The molecule has 1 heterocycles. The van der Waals surface area contributed by atoms with Gasteiger partial charge in [0.2, 0.25) is 0 Å². The van der Waals surface area contributed by atoms with Crippen LogP contribution in [0.1, 0.15) is 47.0 Å². The molecule has 124 valence electrons. The molecule has 1 rings (SSSR count). The van der Waals surface area contributed by atoms with Gasteiger partial charge in [-0.2, -0.15) is 0 Å². The number of carbonyl (C=O) groups is 1. The fraction of sp³-hybridized carbons (Fsp3) is 0.938. The van der Waals surface area contributed by atoms with Crippen LogP contribution in [-0.2, 0) is 9.47 Å². The first-order valence-electron chi connectivity index (χ1n) is 8.03. The molecule has 1 saturated heterocycles. The minimum Gasteiger partial charge on any atom is -0.444 e. The summed E-state index contributed by atoms with van der Waals surface area (Å²) in [4.78, 5) is 14.0. The lowest BCUT2D eigenvalue weighted by molar-refractivity contribution is 0.0148. The highest BCUT2D eigenvalue weighted by molar-refractivity contribution is 5.68. The second-order valence-electron chi connectivity index (χ2n) is 6.92. The van der Waals surface area contributed by atoms with Gasteiger partial charge in [0.15, 0.2) is 0 Å². The molecule has 5 nitrogen and oxygen atoms in total. The number of likely N-dealkylation sites (tertiary alicyclic amines) is 1. The molecule has 0 bridgehead atoms. The van der Waals surface area contributed by atoms with Crippen LogP contribution in [0, 0.1) is 5.92 Å². The molecule has 0 radical (unpaired) electrons. The Kier molecular flexibility index (Phi) is 7.46. The Balaban J connectivity index is 2.38. The Morgan fingerprint density at radius 3 is 2.76 bits per heavy atom. The van der Waals surface area contributed by atoms with Crippen molar-refractivity contribution < 1.29 is 14.3 Å². The number of rotatable bonds is 6. The monoisotopic (exact) mass is 300 g/mol. The van der Waals surface area contributed by atoms with E-state index < -0.39 is 5.60 Å². The Morgan fingerprint density at radius 2 is 2.14 bits per heavy atom. The fourth-order valence-electron chi connectivity index (χ4n) is 2.62. The minimum absolute atomic E-state index is 0.182. The Labute approximate surface area is 129 Å². The normalized spacial score (nSPS) is 21.2. The highest BCUT2D eigenvalue weighted by atomic mass is 16.6. The molecule has 0 aromatic carbocycles. The third-order valence-corrected chi connectivity index (χ3v) is 3.81. The fourth-order valence-corrected chi connectivity index (χ4v) is 2.62. The van der Waals surface area contributed by atoms with Crippen LogP contribution in [0.25, 0.3) is 0 Å². The first-order valence-corrected chi connectivity index (χ1v) is 8.03. The molecule has 1 amide bonds. The summed E-state index contributed by atoms with van der Waals surface area (Å²) in [5.74, 6) is 0.494. The van der Waals surface area contributed by atoms with Crippen molar-refractivity contribution in [2.75, 3.05) is 33.4 Å². The molecule has 1 aliphatic heterocycles. The Bertz CT molecular complexity index is 315. The second kappa shape index (κ2) is 8.59. The number of piperidine rings is 1. The summed E-state index contributed by atoms with van der Waals surface area (Å²) in [5.41, 5.74) is -0.423. The van der Waals surface area contributed by atoms with E-state index in [2.05, 4.69) is 12.2 Å². The van der Waals surface area contributed by atoms with Crippen LogP contribution in [0.3, 0.4) is 0 Å². The van der Waals surface area contributed by atoms with E-state index in [0.29, 0.717) is 12.0 Å². The van der Waals surface area contributed by atoms with Gasteiger partial charge in [0.1, 0.15) is 5.60 Å². The quantitative estimate of drug-likeness (QED) is 0.766. The van der Waals surface area contributed by atoms with Crippen LogP contribution in [0.4, 0.5) is 4.79 Å². The molecule has 1 N–H and O–H groups in total. The molecule has 21 heavy (non-hydrogen) atoms. The zero-order valence-electron chi connectivity index (χ0n) is 14.3. The number of nitrogens with zero attached hydrogens (tertiary/aromatic N) is 1. The molecule has 5 heteroatoms. The van der Waals surface area contributed by atoms with Crippen LogP contribution in [0.2, 0.25) is 0 Å². The van der Waals surface area contributed by atoms with Crippen LogP contribution < -0.4 is 5.32 Å². The van der Waals surface area contributed by atoms with E-state index in [4.69, 9.17) is 9.47 Å². The van der Waals surface area contributed by atoms with Gasteiger partial charge in [-0.1, -0.05) is 0 Å². The summed E-state index contributed by atoms with van der Waals surface area (Å²) in [6, 6.07) is 0.409. The van der Waals surface area contributed by atoms with Gasteiger partial charge in [0.05, 0.1) is 0 Å². The van der Waals surface area contributed by atoms with Crippen molar-refractivity contribution in [3.05, 3.63) is 0 Å². The van der Waals surface area contributed by atoms with Crippen molar-refractivity contribution in [2.45, 2.75) is 58.6 Å². The molecular weight excluding hydrogens is 268 g/mol. The van der Waals surface area contributed by atoms with E-state index in [1.807, 2.05) is 25.7 Å². The van der Waals surface area contributed by atoms with Crippen LogP contribution in [0.15, 0.2) is 0 Å². The van der Waals surface area contributed by atoms with Crippen molar-refractivity contribution in [1.82, 2.24) is 10.2 Å². The number of ether oxygens (including phenoxy) is 2. The van der Waals surface area contributed by atoms with E-state index in [-0.39, 0.29) is 6.09 Å². The van der Waals surface area contributed by atoms with Gasteiger partial charge < -0.3 is 19.7 Å². The highest BCUT2D eigenvalue weighted by Gasteiger charge is 2.29. The first kappa shape index (κ1) is 18.2. The molecule has 0 aromatic rings. The number of methoxy groups -OCH3 is 1. The Morgan fingerprint density at radius 1 is 1.43 bits per heavy atom. The molecule has 2 unspecified atom stereocenters. The van der Waals surface area contributed by atoms with Crippen molar-refractivity contribution >= 4 is 6.09 Å². The van der Waals surface area contributed by atoms with E-state index >= 15 is 0 Å². The van der Waals surface area contributed by atoms with E-state index in [1.54, 1.807) is 7.11 Å². The molecule has 2 atom stereocenters. The maximum Gasteiger partial charge on any atom is 0.410 e.